The molecule has 0 radical (unpaired) electrons. The van der Waals surface area contributed by atoms with Crippen LogP contribution in [0.15, 0.2) is 41.2 Å². The predicted molar refractivity (Wildman–Crippen MR) is 131 cm³/mol. The summed E-state index contributed by atoms with van der Waals surface area (Å²) in [5.41, 5.74) is 0.591. The number of amides is 1. The molecule has 3 heterocycles. The Balaban J connectivity index is 1.30. The molecule has 8 heteroatoms. The van der Waals surface area contributed by atoms with Gasteiger partial charge in [-0.05, 0) is 49.5 Å². The second kappa shape index (κ2) is 7.37. The van der Waals surface area contributed by atoms with E-state index in [1.54, 1.807) is 42.7 Å². The number of quaternary nitrogens is 1. The highest BCUT2D eigenvalue weighted by Crippen LogP contribution is 2.67. The van der Waals surface area contributed by atoms with Crippen LogP contribution in [0.25, 0.3) is 6.08 Å². The van der Waals surface area contributed by atoms with Crippen LogP contribution in [0.1, 0.15) is 48.8 Å². The number of phenolic OH excluding ortho intramolecular Hbond substituents is 1. The minimum Gasteiger partial charge on any atom is -0.632 e. The number of aliphatic hydroxyl groups is 1. The molecule has 2 aromatic rings. The van der Waals surface area contributed by atoms with Crippen LogP contribution in [0.2, 0.25) is 0 Å². The summed E-state index contributed by atoms with van der Waals surface area (Å²) in [7, 11) is 1.77. The summed E-state index contributed by atoms with van der Waals surface area (Å²) >= 11 is 0. The molecule has 36 heavy (non-hydrogen) atoms. The van der Waals surface area contributed by atoms with Crippen molar-refractivity contribution in [2.45, 2.75) is 67.7 Å². The number of likely N-dealkylation sites (tertiary alicyclic amines) is 1. The Kier molecular flexibility index (Phi) is 4.58. The van der Waals surface area contributed by atoms with E-state index in [1.807, 2.05) is 6.07 Å². The van der Waals surface area contributed by atoms with E-state index in [0.717, 1.165) is 29.5 Å². The lowest BCUT2D eigenvalue weighted by molar-refractivity contribution is -0.924. The number of aromatic hydroxyl groups is 1. The van der Waals surface area contributed by atoms with Crippen molar-refractivity contribution in [1.82, 2.24) is 4.90 Å². The summed E-state index contributed by atoms with van der Waals surface area (Å²) < 4.78 is 11.3. The van der Waals surface area contributed by atoms with Gasteiger partial charge in [-0.2, -0.15) is 0 Å². The average Bonchev–Trinajstić information content (AvgIpc) is 3.36. The molecule has 1 saturated heterocycles. The topological polar surface area (TPSA) is 106 Å². The van der Waals surface area contributed by atoms with E-state index < -0.39 is 23.2 Å². The Bertz CT molecular complexity index is 1250. The molecule has 2 N–H and O–H groups in total. The number of furan rings is 1. The third-order valence-corrected chi connectivity index (χ3v) is 9.83. The summed E-state index contributed by atoms with van der Waals surface area (Å²) in [5, 5.41) is 37.6. The Morgan fingerprint density at radius 3 is 2.86 bits per heavy atom. The van der Waals surface area contributed by atoms with Gasteiger partial charge in [0, 0.05) is 43.0 Å². The maximum absolute atomic E-state index is 14.3. The van der Waals surface area contributed by atoms with E-state index in [-0.39, 0.29) is 22.3 Å². The second-order valence-corrected chi connectivity index (χ2v) is 11.6. The predicted octanol–water partition coefficient (Wildman–Crippen LogP) is 3.10. The molecule has 2 saturated carbocycles. The molecule has 1 spiro atoms. The summed E-state index contributed by atoms with van der Waals surface area (Å²) in [6, 6.07) is 4.54. The van der Waals surface area contributed by atoms with E-state index in [1.165, 1.54) is 6.08 Å². The quantitative estimate of drug-likeness (QED) is 0.378. The molecule has 8 nitrogen and oxygen atoms in total. The number of hydrogen-bond acceptors (Lipinski definition) is 6. The fourth-order valence-corrected chi connectivity index (χ4v) is 7.95. The lowest BCUT2D eigenvalue weighted by atomic mass is 9.48. The van der Waals surface area contributed by atoms with Crippen LogP contribution in [0, 0.1) is 11.1 Å². The van der Waals surface area contributed by atoms with Crippen LogP contribution in [0.5, 0.6) is 11.5 Å². The number of piperidine rings is 1. The smallest absolute Gasteiger partial charge is 0.246 e. The summed E-state index contributed by atoms with van der Waals surface area (Å²) in [5.74, 6) is 0.758. The Morgan fingerprint density at radius 1 is 1.28 bits per heavy atom. The fourth-order valence-electron chi connectivity index (χ4n) is 7.95. The first-order valence-electron chi connectivity index (χ1n) is 13.1. The van der Waals surface area contributed by atoms with Crippen molar-refractivity contribution in [3.8, 4) is 11.5 Å². The lowest BCUT2D eigenvalue weighted by Gasteiger charge is -2.68. The minimum atomic E-state index is -1.24. The van der Waals surface area contributed by atoms with Crippen LogP contribution in [0.4, 0.5) is 0 Å². The zero-order valence-corrected chi connectivity index (χ0v) is 20.4. The van der Waals surface area contributed by atoms with E-state index in [0.29, 0.717) is 50.4 Å². The molecule has 2 bridgehead atoms. The summed E-state index contributed by atoms with van der Waals surface area (Å²) in [4.78, 5) is 14.9. The SMILES string of the molecule is CN(C(=O)/C=C/c1ccoc1)[C@@H]1CC[C@@]2(O)[C@H]3Cc4ccc(O)c5c4[C@@]2(CC[N+]3([O-])CC2CC2)[C@H]1O5. The molecule has 1 aromatic carbocycles. The number of phenols is 1. The van der Waals surface area contributed by atoms with Gasteiger partial charge in [-0.1, -0.05) is 6.07 Å². The van der Waals surface area contributed by atoms with Gasteiger partial charge in [-0.15, -0.1) is 0 Å². The molecule has 1 unspecified atom stereocenters. The number of likely N-dealkylation sites (N-methyl/N-ethyl adjacent to an activating group) is 1. The van der Waals surface area contributed by atoms with Gasteiger partial charge >= 0.3 is 0 Å². The van der Waals surface area contributed by atoms with Crippen LogP contribution in [-0.2, 0) is 16.6 Å². The Hall–Kier alpha value is -2.81. The van der Waals surface area contributed by atoms with Crippen molar-refractivity contribution in [2.24, 2.45) is 5.92 Å². The largest absolute Gasteiger partial charge is 0.632 e. The number of carbonyl (C=O) groups excluding carboxylic acids is 1. The van der Waals surface area contributed by atoms with E-state index in [9.17, 15) is 20.2 Å². The fraction of sp³-hybridized carbons (Fsp3) is 0.536. The standard InChI is InChI=1S/C28H32N2O6/c1-29(23(32)7-4-18-9-13-35-16-18)20-8-10-28(33)22-14-19-5-6-21(31)25-24(19)27(28,26(20)36-25)11-12-30(22,34)15-17-2-3-17/h4-7,9,13,16-17,20,22,26,31,33H,2-3,8,10-12,14-15H2,1H3/b7-4+/t20-,22-,26+,27+,28-,30?/m1/s1. The van der Waals surface area contributed by atoms with Crippen molar-refractivity contribution in [2.75, 3.05) is 20.1 Å². The molecule has 3 aliphatic carbocycles. The number of ether oxygens (including phenoxy) is 1. The molecular formula is C28H32N2O6. The first-order chi connectivity index (χ1) is 17.3. The number of benzene rings is 1. The van der Waals surface area contributed by atoms with E-state index >= 15 is 0 Å². The number of hydroxylamine groups is 3. The summed E-state index contributed by atoms with van der Waals surface area (Å²) in [6.07, 6.45) is 9.94. The molecule has 1 amide bonds. The number of nitrogens with zero attached hydrogens (tertiary/aromatic N) is 2. The normalized spacial score (nSPS) is 38.0. The molecule has 5 aliphatic rings. The van der Waals surface area contributed by atoms with Gasteiger partial charge in [0.25, 0.3) is 0 Å². The molecule has 3 fully saturated rings. The lowest BCUT2D eigenvalue weighted by Crippen LogP contribution is -2.81. The van der Waals surface area contributed by atoms with Gasteiger partial charge in [0.1, 0.15) is 17.7 Å². The van der Waals surface area contributed by atoms with Crippen LogP contribution in [-0.4, -0.2) is 69.6 Å². The van der Waals surface area contributed by atoms with Gasteiger partial charge < -0.3 is 34.1 Å². The van der Waals surface area contributed by atoms with Gasteiger partial charge in [-0.3, -0.25) is 4.79 Å². The maximum Gasteiger partial charge on any atom is 0.246 e. The zero-order chi connectivity index (χ0) is 24.9. The van der Waals surface area contributed by atoms with Crippen molar-refractivity contribution < 1.29 is 28.8 Å². The molecule has 7 rings (SSSR count). The van der Waals surface area contributed by atoms with E-state index in [2.05, 4.69) is 0 Å². The van der Waals surface area contributed by atoms with Crippen molar-refractivity contribution >= 4 is 12.0 Å². The van der Waals surface area contributed by atoms with Crippen LogP contribution < -0.4 is 4.74 Å². The number of hydrogen-bond donors (Lipinski definition) is 2. The van der Waals surface area contributed by atoms with E-state index in [4.69, 9.17) is 9.15 Å². The van der Waals surface area contributed by atoms with Gasteiger partial charge in [-0.25, -0.2) is 0 Å². The van der Waals surface area contributed by atoms with Crippen LogP contribution >= 0.6 is 0 Å². The minimum absolute atomic E-state index is 0.0531. The molecule has 6 atom stereocenters. The maximum atomic E-state index is 14.3. The van der Waals surface area contributed by atoms with Crippen molar-refractivity contribution in [1.29, 1.82) is 0 Å². The average molecular weight is 493 g/mol. The molecule has 190 valence electrons. The highest BCUT2D eigenvalue weighted by atomic mass is 16.6. The van der Waals surface area contributed by atoms with Crippen LogP contribution in [0.3, 0.4) is 0 Å². The third kappa shape index (κ3) is 2.83. The Labute approximate surface area is 209 Å². The van der Waals surface area contributed by atoms with Crippen molar-refractivity contribution in [3.63, 3.8) is 0 Å². The first kappa shape index (κ1) is 22.4. The molecule has 2 aliphatic heterocycles. The van der Waals surface area contributed by atoms with Gasteiger partial charge in [0.05, 0.1) is 37.1 Å². The third-order valence-electron chi connectivity index (χ3n) is 9.83. The molecule has 1 aromatic heterocycles. The number of carbonyl (C=O) groups is 1. The van der Waals surface area contributed by atoms with Gasteiger partial charge in [0.15, 0.2) is 11.5 Å². The van der Waals surface area contributed by atoms with Gasteiger partial charge in [0.2, 0.25) is 5.91 Å². The Morgan fingerprint density at radius 2 is 2.11 bits per heavy atom. The molecular weight excluding hydrogens is 460 g/mol. The zero-order valence-electron chi connectivity index (χ0n) is 20.4. The highest BCUT2D eigenvalue weighted by Gasteiger charge is 2.76. The number of rotatable bonds is 5. The van der Waals surface area contributed by atoms with Crippen molar-refractivity contribution in [3.05, 3.63) is 58.7 Å². The first-order valence-corrected chi connectivity index (χ1v) is 13.1. The second-order valence-electron chi connectivity index (χ2n) is 11.6. The monoisotopic (exact) mass is 492 g/mol. The highest BCUT2D eigenvalue weighted by molar-refractivity contribution is 5.91. The summed E-state index contributed by atoms with van der Waals surface area (Å²) in [6.45, 7) is 0.984.